The smallest absolute Gasteiger partial charge is 0.00768 e. The molecule has 0 saturated heterocycles. The summed E-state index contributed by atoms with van der Waals surface area (Å²) in [6.07, 6.45) is 8.43. The Kier molecular flexibility index (Phi) is 0.348. The van der Waals surface area contributed by atoms with Gasteiger partial charge < -0.3 is 0 Å². The van der Waals surface area contributed by atoms with E-state index in [2.05, 4.69) is 18.2 Å². The SMILES string of the molecule is C1=C2C=C3C=C2C2=C3C1C2. The van der Waals surface area contributed by atoms with Gasteiger partial charge in [-0.3, -0.25) is 0 Å². The van der Waals surface area contributed by atoms with Crippen LogP contribution >= 0.6 is 0 Å². The Bertz CT molecular complexity index is 367. The second-order valence-corrected chi connectivity index (χ2v) is 3.48. The van der Waals surface area contributed by atoms with Gasteiger partial charge in [0.15, 0.2) is 0 Å². The zero-order valence-electron chi connectivity index (χ0n) is 5.52. The van der Waals surface area contributed by atoms with Gasteiger partial charge in [0, 0.05) is 5.92 Å². The highest BCUT2D eigenvalue weighted by atomic mass is 14.5. The highest BCUT2D eigenvalue weighted by Crippen LogP contribution is 2.59. The Hall–Kier alpha value is -1.04. The van der Waals surface area contributed by atoms with Crippen LogP contribution in [-0.4, -0.2) is 0 Å². The molecular formula is C10H6. The maximum Gasteiger partial charge on any atom is 0.00768 e. The molecule has 0 amide bonds. The van der Waals surface area contributed by atoms with E-state index in [-0.39, 0.29) is 0 Å². The van der Waals surface area contributed by atoms with Gasteiger partial charge in [-0.05, 0) is 46.4 Å². The van der Waals surface area contributed by atoms with Crippen LogP contribution in [0, 0.1) is 5.92 Å². The molecule has 6 aliphatic carbocycles. The van der Waals surface area contributed by atoms with E-state index in [1.807, 2.05) is 0 Å². The lowest BCUT2D eigenvalue weighted by Gasteiger charge is -2.37. The lowest BCUT2D eigenvalue weighted by Crippen LogP contribution is -2.23. The average molecular weight is 126 g/mol. The fourth-order valence-electron chi connectivity index (χ4n) is 2.61. The maximum absolute atomic E-state index is 2.42. The summed E-state index contributed by atoms with van der Waals surface area (Å²) >= 11 is 0. The molecule has 1 unspecified atom stereocenters. The molecule has 1 atom stereocenters. The van der Waals surface area contributed by atoms with E-state index < -0.39 is 0 Å². The van der Waals surface area contributed by atoms with Crippen LogP contribution in [0.4, 0.5) is 0 Å². The predicted octanol–water partition coefficient (Wildman–Crippen LogP) is 2.12. The maximum atomic E-state index is 2.42. The molecule has 0 heterocycles. The molecule has 0 nitrogen and oxygen atoms in total. The second-order valence-electron chi connectivity index (χ2n) is 3.48. The van der Waals surface area contributed by atoms with Crippen molar-refractivity contribution in [1.82, 2.24) is 0 Å². The zero-order chi connectivity index (χ0) is 6.29. The molecule has 0 saturated carbocycles. The Morgan fingerprint density at radius 2 is 2.20 bits per heavy atom. The lowest BCUT2D eigenvalue weighted by atomic mass is 9.66. The van der Waals surface area contributed by atoms with Crippen molar-refractivity contribution in [2.24, 2.45) is 5.92 Å². The van der Waals surface area contributed by atoms with Gasteiger partial charge in [0.1, 0.15) is 0 Å². The summed E-state index contributed by atoms with van der Waals surface area (Å²) in [4.78, 5) is 0. The minimum absolute atomic E-state index is 0.826. The summed E-state index contributed by atoms with van der Waals surface area (Å²) in [6, 6.07) is 0. The third-order valence-electron chi connectivity index (χ3n) is 3.06. The van der Waals surface area contributed by atoms with Crippen molar-refractivity contribution in [1.29, 1.82) is 0 Å². The van der Waals surface area contributed by atoms with E-state index in [4.69, 9.17) is 0 Å². The molecule has 0 aromatic carbocycles. The molecule has 0 radical (unpaired) electrons. The first kappa shape index (κ1) is 3.97. The van der Waals surface area contributed by atoms with Gasteiger partial charge in [-0.2, -0.15) is 0 Å². The van der Waals surface area contributed by atoms with Crippen LogP contribution in [0.25, 0.3) is 0 Å². The molecule has 0 aromatic heterocycles. The third kappa shape index (κ3) is 0.202. The van der Waals surface area contributed by atoms with Gasteiger partial charge in [-0.25, -0.2) is 0 Å². The summed E-state index contributed by atoms with van der Waals surface area (Å²) in [5.74, 6) is 0.826. The molecule has 0 aromatic rings. The van der Waals surface area contributed by atoms with E-state index in [9.17, 15) is 0 Å². The molecule has 46 valence electrons. The first-order valence-electron chi connectivity index (χ1n) is 3.83. The van der Waals surface area contributed by atoms with E-state index in [0.717, 1.165) is 5.92 Å². The fourth-order valence-corrected chi connectivity index (χ4v) is 2.61. The predicted molar refractivity (Wildman–Crippen MR) is 39.4 cm³/mol. The van der Waals surface area contributed by atoms with Gasteiger partial charge in [-0.15, -0.1) is 0 Å². The molecule has 0 heteroatoms. The molecular weight excluding hydrogens is 120 g/mol. The molecule has 6 bridgehead atoms. The Morgan fingerprint density at radius 1 is 1.20 bits per heavy atom. The number of hydrogen-bond donors (Lipinski definition) is 0. The van der Waals surface area contributed by atoms with Crippen LogP contribution in [0.5, 0.6) is 0 Å². The van der Waals surface area contributed by atoms with E-state index in [1.54, 1.807) is 16.7 Å². The van der Waals surface area contributed by atoms with Crippen LogP contribution < -0.4 is 0 Å². The monoisotopic (exact) mass is 126 g/mol. The number of allylic oxidation sites excluding steroid dienone is 8. The lowest BCUT2D eigenvalue weighted by molar-refractivity contribution is 0.651. The van der Waals surface area contributed by atoms with Crippen molar-refractivity contribution in [2.45, 2.75) is 6.42 Å². The second kappa shape index (κ2) is 0.878. The summed E-state index contributed by atoms with van der Waals surface area (Å²) in [7, 11) is 0. The summed E-state index contributed by atoms with van der Waals surface area (Å²) in [5.41, 5.74) is 7.91. The van der Waals surface area contributed by atoms with Gasteiger partial charge in [0.05, 0.1) is 0 Å². The van der Waals surface area contributed by atoms with Gasteiger partial charge in [0.2, 0.25) is 0 Å². The normalized spacial score (nSPS) is 36.0. The fraction of sp³-hybridized carbons (Fsp3) is 0.200. The molecule has 0 aliphatic heterocycles. The van der Waals surface area contributed by atoms with Crippen molar-refractivity contribution in [3.63, 3.8) is 0 Å². The number of hydrogen-bond acceptors (Lipinski definition) is 0. The largest absolute Gasteiger partial charge is 0.0687 e. The molecule has 0 fully saturated rings. The van der Waals surface area contributed by atoms with E-state index in [1.165, 1.54) is 17.6 Å². The van der Waals surface area contributed by atoms with Gasteiger partial charge in [0.25, 0.3) is 0 Å². The highest BCUT2D eigenvalue weighted by molar-refractivity contribution is 5.82. The first-order chi connectivity index (χ1) is 4.93. The highest BCUT2D eigenvalue weighted by Gasteiger charge is 2.44. The van der Waals surface area contributed by atoms with Crippen LogP contribution in [0.3, 0.4) is 0 Å². The minimum atomic E-state index is 0.826. The minimum Gasteiger partial charge on any atom is -0.0687 e. The van der Waals surface area contributed by atoms with E-state index in [0.29, 0.717) is 0 Å². The van der Waals surface area contributed by atoms with E-state index >= 15 is 0 Å². The average Bonchev–Trinajstić information content (AvgIpc) is 2.33. The Morgan fingerprint density at radius 3 is 2.80 bits per heavy atom. The van der Waals surface area contributed by atoms with Crippen LogP contribution in [0.15, 0.2) is 46.1 Å². The zero-order valence-corrected chi connectivity index (χ0v) is 5.52. The summed E-state index contributed by atoms with van der Waals surface area (Å²) in [5, 5.41) is 0. The Balaban J connectivity index is 2.33. The first-order valence-corrected chi connectivity index (χ1v) is 3.83. The van der Waals surface area contributed by atoms with Gasteiger partial charge in [-0.1, -0.05) is 6.08 Å². The molecule has 6 rings (SSSR count). The van der Waals surface area contributed by atoms with Crippen molar-refractivity contribution in [3.8, 4) is 0 Å². The summed E-state index contributed by atoms with van der Waals surface area (Å²) < 4.78 is 0. The van der Waals surface area contributed by atoms with Crippen molar-refractivity contribution >= 4 is 0 Å². The van der Waals surface area contributed by atoms with Gasteiger partial charge >= 0.3 is 0 Å². The molecule has 0 N–H and O–H groups in total. The van der Waals surface area contributed by atoms with Crippen molar-refractivity contribution < 1.29 is 0 Å². The Labute approximate surface area is 59.2 Å². The number of rotatable bonds is 0. The van der Waals surface area contributed by atoms with Crippen LogP contribution in [0.2, 0.25) is 0 Å². The topological polar surface area (TPSA) is 0 Å². The molecule has 10 heavy (non-hydrogen) atoms. The van der Waals surface area contributed by atoms with Crippen LogP contribution in [0.1, 0.15) is 6.42 Å². The van der Waals surface area contributed by atoms with Crippen LogP contribution in [-0.2, 0) is 0 Å². The molecule has 6 aliphatic rings. The molecule has 0 spiro atoms. The quantitative estimate of drug-likeness (QED) is 0.466. The standard InChI is InChI=1S/C10H6/c1-5-2-7-4-9-8(5)3-6(1)10(7)9/h1-3,7H,4H2. The summed E-state index contributed by atoms with van der Waals surface area (Å²) in [6.45, 7) is 0. The van der Waals surface area contributed by atoms with Crippen molar-refractivity contribution in [3.05, 3.63) is 46.1 Å². The third-order valence-corrected chi connectivity index (χ3v) is 3.06. The van der Waals surface area contributed by atoms with Crippen molar-refractivity contribution in [2.75, 3.05) is 0 Å².